The third-order valence-electron chi connectivity index (χ3n) is 3.93. The molecule has 1 rings (SSSR count). The fourth-order valence-electron chi connectivity index (χ4n) is 2.90. The van der Waals surface area contributed by atoms with Crippen molar-refractivity contribution in [3.63, 3.8) is 0 Å². The summed E-state index contributed by atoms with van der Waals surface area (Å²) in [6.45, 7) is 0. The normalized spacial score (nSPS) is 17.2. The van der Waals surface area contributed by atoms with Crippen LogP contribution in [0.1, 0.15) is 11.7 Å². The number of halogens is 15. The van der Waals surface area contributed by atoms with E-state index in [1.54, 1.807) is 0 Å². The van der Waals surface area contributed by atoms with E-state index in [0.717, 1.165) is 6.07 Å². The Morgan fingerprint density at radius 1 is 0.545 bits per heavy atom. The first-order valence-corrected chi connectivity index (χ1v) is 10.0. The molecule has 0 aliphatic carbocycles. The third-order valence-corrected chi connectivity index (χ3v) is 7.69. The molecule has 19 heteroatoms. The minimum atomic E-state index is -10.1. The molecule has 0 amide bonds. The second kappa shape index (κ2) is 8.30. The predicted molar refractivity (Wildman–Crippen MR) is 79.5 cm³/mol. The van der Waals surface area contributed by atoms with Gasteiger partial charge in [-0.1, -0.05) is 0 Å². The van der Waals surface area contributed by atoms with Crippen molar-refractivity contribution in [1.29, 1.82) is 0 Å². The molecular formula is C14H10F15O3P. The topological polar surface area (TPSA) is 49.7 Å². The van der Waals surface area contributed by atoms with Crippen LogP contribution in [-0.4, -0.2) is 52.0 Å². The van der Waals surface area contributed by atoms with Crippen LogP contribution in [0.2, 0.25) is 0 Å². The van der Waals surface area contributed by atoms with Crippen molar-refractivity contribution < 1.29 is 80.2 Å². The fraction of sp³-hybridized carbons (Fsp3) is 0.571. The monoisotopic (exact) mass is 542 g/mol. The number of rotatable bonds is 5. The maximum atomic E-state index is 13.4. The summed E-state index contributed by atoms with van der Waals surface area (Å²) >= 11 is 0. The molecule has 0 radical (unpaired) electrons. The molecule has 0 spiro atoms. The average Bonchev–Trinajstić information content (AvgIpc) is 2.45. The molecule has 33 heavy (non-hydrogen) atoms. The van der Waals surface area contributed by atoms with E-state index in [-0.39, 0.29) is 12.1 Å². The summed E-state index contributed by atoms with van der Waals surface area (Å²) in [5.74, 6) is 0. The van der Waals surface area contributed by atoms with Gasteiger partial charge in [-0.05, 0) is 0 Å². The Kier molecular flexibility index (Phi) is 7.43. The number of benzene rings is 1. The minimum absolute atomic E-state index is 0.196. The van der Waals surface area contributed by atoms with Gasteiger partial charge in [0.1, 0.15) is 0 Å². The van der Waals surface area contributed by atoms with Gasteiger partial charge in [-0.3, -0.25) is 0 Å². The summed E-state index contributed by atoms with van der Waals surface area (Å²) in [5.41, 5.74) is -14.4. The molecule has 0 saturated heterocycles. The van der Waals surface area contributed by atoms with Gasteiger partial charge >= 0.3 is 172 Å². The Bertz CT molecular complexity index is 743. The van der Waals surface area contributed by atoms with E-state index in [1.165, 1.54) is 0 Å². The Hall–Kier alpha value is -1.52. The van der Waals surface area contributed by atoms with Crippen LogP contribution in [0.25, 0.3) is 0 Å². The second-order valence-corrected chi connectivity index (χ2v) is 9.88. The second-order valence-electron chi connectivity index (χ2n) is 6.48. The zero-order chi connectivity index (χ0) is 26.5. The molecule has 0 aliphatic heterocycles. The van der Waals surface area contributed by atoms with Crippen molar-refractivity contribution in [2.24, 2.45) is 0 Å². The number of alkyl halides is 15. The van der Waals surface area contributed by atoms with Crippen molar-refractivity contribution in [2.45, 2.75) is 48.3 Å². The molecule has 0 heterocycles. The molecule has 0 aliphatic rings. The van der Waals surface area contributed by atoms with Crippen molar-refractivity contribution >= 4 is 7.28 Å². The SMILES string of the molecule is OP(O)(OC(c1ccccc1)C(F)(F)F)(C(C(F)(F)F)C(F)(F)F)C(C(F)(F)F)C(F)(F)F. The summed E-state index contributed by atoms with van der Waals surface area (Å²) in [6.07, 6.45) is -40.3. The molecular weight excluding hydrogens is 532 g/mol. The van der Waals surface area contributed by atoms with Gasteiger partial charge < -0.3 is 0 Å². The Balaban J connectivity index is 4.16. The summed E-state index contributed by atoms with van der Waals surface area (Å²) in [6, 6.07) is 2.51. The van der Waals surface area contributed by atoms with E-state index in [4.69, 9.17) is 0 Å². The molecule has 2 N–H and O–H groups in total. The van der Waals surface area contributed by atoms with Crippen LogP contribution in [0.15, 0.2) is 30.3 Å². The zero-order valence-electron chi connectivity index (χ0n) is 15.0. The van der Waals surface area contributed by atoms with Gasteiger partial charge in [0.25, 0.3) is 0 Å². The van der Waals surface area contributed by atoms with Crippen molar-refractivity contribution in [2.75, 3.05) is 0 Å². The average molecular weight is 542 g/mol. The van der Waals surface area contributed by atoms with Crippen LogP contribution in [0.5, 0.6) is 0 Å². The van der Waals surface area contributed by atoms with E-state index in [0.29, 0.717) is 12.1 Å². The van der Waals surface area contributed by atoms with E-state index in [9.17, 15) is 75.6 Å². The number of hydrogen-bond donors (Lipinski definition) is 2. The quantitative estimate of drug-likeness (QED) is 0.327. The van der Waals surface area contributed by atoms with Gasteiger partial charge in [-0.2, -0.15) is 0 Å². The number of hydrogen-bond acceptors (Lipinski definition) is 3. The van der Waals surface area contributed by atoms with E-state index in [2.05, 4.69) is 4.52 Å². The summed E-state index contributed by atoms with van der Waals surface area (Å²) < 4.78 is 201. The predicted octanol–water partition coefficient (Wildman–Crippen LogP) is 6.58. The molecule has 1 unspecified atom stereocenters. The fourth-order valence-corrected chi connectivity index (χ4v) is 6.31. The van der Waals surface area contributed by atoms with E-state index >= 15 is 0 Å². The summed E-state index contributed by atoms with van der Waals surface area (Å²) in [7, 11) is -10.1. The van der Waals surface area contributed by atoms with Crippen molar-refractivity contribution in [3.8, 4) is 0 Å². The Morgan fingerprint density at radius 3 is 1.09 bits per heavy atom. The molecule has 1 aromatic carbocycles. The summed E-state index contributed by atoms with van der Waals surface area (Å²) in [5, 5.41) is 0. The molecule has 0 aromatic heterocycles. The maximum absolute atomic E-state index is 13.4. The first kappa shape index (κ1) is 29.5. The van der Waals surface area contributed by atoms with Gasteiger partial charge in [0, 0.05) is 0 Å². The van der Waals surface area contributed by atoms with Gasteiger partial charge in [0.15, 0.2) is 0 Å². The van der Waals surface area contributed by atoms with Crippen LogP contribution in [0.3, 0.4) is 0 Å². The first-order chi connectivity index (χ1) is 14.2. The van der Waals surface area contributed by atoms with Gasteiger partial charge in [0.2, 0.25) is 0 Å². The third kappa shape index (κ3) is 6.33. The molecule has 0 saturated carbocycles. The van der Waals surface area contributed by atoms with Gasteiger partial charge in [-0.15, -0.1) is 0 Å². The molecule has 194 valence electrons. The standard InChI is InChI=1S/C14H10F15O3P/c15-10(16,17)7(6-4-2-1-3-5-6)32-33(30,31,8(11(18,19)20)12(21,22)23)9(13(24,25)26)14(27,28)29/h1-5,7-9,30-31H. The molecule has 3 nitrogen and oxygen atoms in total. The molecule has 1 atom stereocenters. The van der Waals surface area contributed by atoms with Crippen LogP contribution >= 0.6 is 7.28 Å². The van der Waals surface area contributed by atoms with Gasteiger partial charge in [0.05, 0.1) is 0 Å². The Labute approximate surface area is 172 Å². The van der Waals surface area contributed by atoms with E-state index in [1.807, 2.05) is 0 Å². The van der Waals surface area contributed by atoms with E-state index < -0.39 is 61.2 Å². The van der Waals surface area contributed by atoms with Gasteiger partial charge in [-0.25, -0.2) is 0 Å². The van der Waals surface area contributed by atoms with Crippen molar-refractivity contribution in [3.05, 3.63) is 35.9 Å². The zero-order valence-corrected chi connectivity index (χ0v) is 15.9. The van der Waals surface area contributed by atoms with Crippen LogP contribution in [0.4, 0.5) is 65.9 Å². The van der Waals surface area contributed by atoms with Crippen LogP contribution in [0, 0.1) is 0 Å². The molecule has 0 fully saturated rings. The summed E-state index contributed by atoms with van der Waals surface area (Å²) in [4.78, 5) is 19.6. The molecule has 1 aromatic rings. The first-order valence-electron chi connectivity index (χ1n) is 7.81. The molecule has 0 bridgehead atoms. The Morgan fingerprint density at radius 2 is 0.848 bits per heavy atom. The van der Waals surface area contributed by atoms with Crippen molar-refractivity contribution in [1.82, 2.24) is 0 Å². The van der Waals surface area contributed by atoms with Crippen LogP contribution < -0.4 is 0 Å². The van der Waals surface area contributed by atoms with Crippen LogP contribution in [-0.2, 0) is 4.52 Å².